The van der Waals surface area contributed by atoms with E-state index in [1.165, 1.54) is 4.90 Å². The van der Waals surface area contributed by atoms with Crippen LogP contribution in [-0.2, 0) is 4.74 Å². The Labute approximate surface area is 78.6 Å². The minimum Gasteiger partial charge on any atom is -0.447 e. The van der Waals surface area contributed by atoms with Crippen molar-refractivity contribution in [1.29, 1.82) is 0 Å². The number of alkyl halides is 1. The molecule has 0 aliphatic carbocycles. The number of ether oxygens (including phenoxy) is 1. The molecule has 0 radical (unpaired) electrons. The van der Waals surface area contributed by atoms with Gasteiger partial charge in [-0.15, -0.1) is 11.6 Å². The largest absolute Gasteiger partial charge is 0.447 e. The number of hydrogen-bond acceptors (Lipinski definition) is 2. The summed E-state index contributed by atoms with van der Waals surface area (Å²) in [7, 11) is 0. The van der Waals surface area contributed by atoms with E-state index in [0.717, 1.165) is 0 Å². The van der Waals surface area contributed by atoms with E-state index in [0.29, 0.717) is 0 Å². The van der Waals surface area contributed by atoms with Crippen molar-refractivity contribution < 1.29 is 9.53 Å². The Kier molecular flexibility index (Phi) is 5.06. The average molecular weight is 194 g/mol. The van der Waals surface area contributed by atoms with Gasteiger partial charge in [0.05, 0.1) is 12.1 Å². The van der Waals surface area contributed by atoms with Crippen LogP contribution in [-0.4, -0.2) is 29.1 Å². The normalized spacial score (nSPS) is 10.6. The van der Waals surface area contributed by atoms with Crippen LogP contribution in [0.15, 0.2) is 0 Å². The molecular formula is C8H16ClNO2. The highest BCUT2D eigenvalue weighted by Gasteiger charge is 2.17. The number of halogens is 1. The maximum absolute atomic E-state index is 11.2. The third-order valence-electron chi connectivity index (χ3n) is 1.32. The van der Waals surface area contributed by atoms with Crippen LogP contribution in [0.25, 0.3) is 0 Å². The maximum atomic E-state index is 11.2. The smallest absolute Gasteiger partial charge is 0.411 e. The second kappa shape index (κ2) is 5.25. The summed E-state index contributed by atoms with van der Waals surface area (Å²) >= 11 is 5.57. The van der Waals surface area contributed by atoms with Crippen molar-refractivity contribution in [2.75, 3.05) is 6.00 Å². The van der Waals surface area contributed by atoms with Crippen LogP contribution >= 0.6 is 11.6 Å². The zero-order valence-electron chi connectivity index (χ0n) is 8.00. The van der Waals surface area contributed by atoms with Crippen LogP contribution in [0.3, 0.4) is 0 Å². The molecule has 0 aliphatic rings. The minimum absolute atomic E-state index is 0.0775. The molecule has 0 bridgehead atoms. The standard InChI is InChI=1S/C8H16ClNO2/c1-6(2)10(5-9)8(11)12-7(3)4/h6-7H,5H2,1-4H3. The fourth-order valence-corrected chi connectivity index (χ4v) is 1.04. The lowest BCUT2D eigenvalue weighted by molar-refractivity contribution is 0.0741. The Bertz CT molecular complexity index is 148. The van der Waals surface area contributed by atoms with Gasteiger partial charge < -0.3 is 4.74 Å². The summed E-state index contributed by atoms with van der Waals surface area (Å²) in [5.41, 5.74) is 0. The predicted octanol–water partition coefficient (Wildman–Crippen LogP) is 2.44. The minimum atomic E-state index is -0.352. The van der Waals surface area contributed by atoms with E-state index in [4.69, 9.17) is 16.3 Å². The highest BCUT2D eigenvalue weighted by Crippen LogP contribution is 2.04. The zero-order valence-corrected chi connectivity index (χ0v) is 8.76. The molecule has 0 spiro atoms. The summed E-state index contributed by atoms with van der Waals surface area (Å²) in [5.74, 6) is 0. The first-order valence-corrected chi connectivity index (χ1v) is 4.55. The van der Waals surface area contributed by atoms with Crippen molar-refractivity contribution in [1.82, 2.24) is 4.90 Å². The monoisotopic (exact) mass is 193 g/mol. The third-order valence-corrected chi connectivity index (χ3v) is 1.58. The molecule has 3 nitrogen and oxygen atoms in total. The van der Waals surface area contributed by atoms with Crippen molar-refractivity contribution >= 4 is 17.7 Å². The van der Waals surface area contributed by atoms with Gasteiger partial charge >= 0.3 is 6.09 Å². The van der Waals surface area contributed by atoms with Gasteiger partial charge in [0, 0.05) is 6.04 Å². The molecule has 0 aromatic carbocycles. The molecular weight excluding hydrogens is 178 g/mol. The second-order valence-corrected chi connectivity index (χ2v) is 3.35. The van der Waals surface area contributed by atoms with Gasteiger partial charge in [0.2, 0.25) is 0 Å². The Hall–Kier alpha value is -0.440. The number of nitrogens with zero attached hydrogens (tertiary/aromatic N) is 1. The van der Waals surface area contributed by atoms with Crippen molar-refractivity contribution in [3.63, 3.8) is 0 Å². The summed E-state index contributed by atoms with van der Waals surface area (Å²) in [6.07, 6.45) is -0.447. The zero-order chi connectivity index (χ0) is 9.72. The fourth-order valence-electron chi connectivity index (χ4n) is 0.667. The predicted molar refractivity (Wildman–Crippen MR) is 49.3 cm³/mol. The number of hydrogen-bond donors (Lipinski definition) is 0. The molecule has 12 heavy (non-hydrogen) atoms. The summed E-state index contributed by atoms with van der Waals surface area (Å²) in [4.78, 5) is 12.7. The van der Waals surface area contributed by atoms with Gasteiger partial charge in [0.15, 0.2) is 0 Å². The van der Waals surface area contributed by atoms with Gasteiger partial charge in [-0.3, -0.25) is 4.90 Å². The van der Waals surface area contributed by atoms with Gasteiger partial charge in [0.25, 0.3) is 0 Å². The van der Waals surface area contributed by atoms with Crippen LogP contribution in [0.5, 0.6) is 0 Å². The molecule has 0 fully saturated rings. The van der Waals surface area contributed by atoms with E-state index in [1.807, 2.05) is 27.7 Å². The Morgan fingerprint density at radius 2 is 1.92 bits per heavy atom. The molecule has 0 rings (SSSR count). The molecule has 4 heteroatoms. The molecule has 0 unspecified atom stereocenters. The maximum Gasteiger partial charge on any atom is 0.411 e. The molecule has 0 saturated carbocycles. The van der Waals surface area contributed by atoms with Crippen LogP contribution in [0, 0.1) is 0 Å². The van der Waals surface area contributed by atoms with Crippen LogP contribution in [0.4, 0.5) is 4.79 Å². The van der Waals surface area contributed by atoms with Gasteiger partial charge in [-0.05, 0) is 27.7 Å². The lowest BCUT2D eigenvalue weighted by Gasteiger charge is -2.24. The SMILES string of the molecule is CC(C)OC(=O)N(CCl)C(C)C. The first kappa shape index (κ1) is 11.6. The summed E-state index contributed by atoms with van der Waals surface area (Å²) in [6.45, 7) is 7.41. The highest BCUT2D eigenvalue weighted by molar-refractivity contribution is 6.18. The van der Waals surface area contributed by atoms with Gasteiger partial charge in [0.1, 0.15) is 0 Å². The van der Waals surface area contributed by atoms with Crippen LogP contribution in [0.1, 0.15) is 27.7 Å². The number of amides is 1. The quantitative estimate of drug-likeness (QED) is 0.509. The van der Waals surface area contributed by atoms with Gasteiger partial charge in [-0.2, -0.15) is 0 Å². The topological polar surface area (TPSA) is 29.5 Å². The summed E-state index contributed by atoms with van der Waals surface area (Å²) in [6, 6.07) is 0.247. The highest BCUT2D eigenvalue weighted by atomic mass is 35.5. The Morgan fingerprint density at radius 1 is 1.42 bits per heavy atom. The van der Waals surface area contributed by atoms with Gasteiger partial charge in [-0.25, -0.2) is 4.79 Å². The van der Waals surface area contributed by atoms with Crippen molar-refractivity contribution in [2.24, 2.45) is 0 Å². The van der Waals surface area contributed by atoms with E-state index in [-0.39, 0.29) is 24.2 Å². The van der Waals surface area contributed by atoms with Crippen LogP contribution in [0.2, 0.25) is 0 Å². The summed E-state index contributed by atoms with van der Waals surface area (Å²) in [5, 5.41) is 0. The molecule has 0 heterocycles. The molecule has 0 saturated heterocycles. The third kappa shape index (κ3) is 3.81. The number of carbonyl (C=O) groups is 1. The molecule has 72 valence electrons. The average Bonchev–Trinajstić information content (AvgIpc) is 1.85. The first-order valence-electron chi connectivity index (χ1n) is 4.02. The Balaban J connectivity index is 4.04. The molecule has 0 aromatic rings. The van der Waals surface area contributed by atoms with E-state index < -0.39 is 0 Å². The molecule has 0 atom stereocenters. The Morgan fingerprint density at radius 3 is 2.17 bits per heavy atom. The van der Waals surface area contributed by atoms with Crippen molar-refractivity contribution in [3.8, 4) is 0 Å². The lowest BCUT2D eigenvalue weighted by atomic mass is 10.4. The first-order chi connectivity index (χ1) is 5.49. The number of rotatable bonds is 3. The van der Waals surface area contributed by atoms with Crippen LogP contribution < -0.4 is 0 Å². The molecule has 1 amide bonds. The molecule has 0 N–H and O–H groups in total. The van der Waals surface area contributed by atoms with Gasteiger partial charge in [-0.1, -0.05) is 0 Å². The summed E-state index contributed by atoms with van der Waals surface area (Å²) < 4.78 is 4.97. The van der Waals surface area contributed by atoms with Crippen molar-refractivity contribution in [3.05, 3.63) is 0 Å². The fraction of sp³-hybridized carbons (Fsp3) is 0.875. The van der Waals surface area contributed by atoms with E-state index in [2.05, 4.69) is 0 Å². The molecule has 0 aliphatic heterocycles. The van der Waals surface area contributed by atoms with Crippen molar-refractivity contribution in [2.45, 2.75) is 39.8 Å². The van der Waals surface area contributed by atoms with E-state index in [1.54, 1.807) is 0 Å². The molecule has 0 aromatic heterocycles. The number of carbonyl (C=O) groups excluding carboxylic acids is 1. The van der Waals surface area contributed by atoms with E-state index in [9.17, 15) is 4.79 Å². The lowest BCUT2D eigenvalue weighted by Crippen LogP contribution is -2.37. The van der Waals surface area contributed by atoms with E-state index >= 15 is 0 Å². The second-order valence-electron chi connectivity index (χ2n) is 3.12.